The molecule has 27 heavy (non-hydrogen) atoms. The van der Waals surface area contributed by atoms with E-state index in [2.05, 4.69) is 5.32 Å². The molecular formula is C21H28N2O4. The first-order valence-corrected chi connectivity index (χ1v) is 10.1. The van der Waals surface area contributed by atoms with Gasteiger partial charge in [0.15, 0.2) is 11.5 Å². The van der Waals surface area contributed by atoms with E-state index in [1.165, 1.54) is 12.8 Å². The lowest BCUT2D eigenvalue weighted by molar-refractivity contribution is -0.125. The van der Waals surface area contributed by atoms with Crippen LogP contribution in [0.5, 0.6) is 11.5 Å². The number of carbonyl (C=O) groups is 2. The van der Waals surface area contributed by atoms with E-state index in [0.717, 1.165) is 38.5 Å². The Bertz CT molecular complexity index is 710. The van der Waals surface area contributed by atoms with Crippen molar-refractivity contribution in [3.63, 3.8) is 0 Å². The third-order valence-electron chi connectivity index (χ3n) is 5.75. The van der Waals surface area contributed by atoms with E-state index in [1.807, 2.05) is 6.07 Å². The molecule has 2 aliphatic carbocycles. The van der Waals surface area contributed by atoms with Crippen molar-refractivity contribution in [1.29, 1.82) is 0 Å². The highest BCUT2D eigenvalue weighted by atomic mass is 16.5. The fraction of sp³-hybridized carbons (Fsp3) is 0.619. The predicted octanol–water partition coefficient (Wildman–Crippen LogP) is 2.90. The zero-order valence-corrected chi connectivity index (χ0v) is 15.9. The zero-order chi connectivity index (χ0) is 18.8. The number of benzene rings is 1. The van der Waals surface area contributed by atoms with Crippen molar-refractivity contribution in [3.05, 3.63) is 23.8 Å². The molecule has 1 saturated heterocycles. The highest BCUT2D eigenvalue weighted by Gasteiger charge is 2.37. The van der Waals surface area contributed by atoms with Crippen LogP contribution < -0.4 is 14.8 Å². The van der Waals surface area contributed by atoms with E-state index in [0.29, 0.717) is 29.6 Å². The van der Waals surface area contributed by atoms with Crippen molar-refractivity contribution in [2.75, 3.05) is 13.7 Å². The minimum atomic E-state index is -0.362. The van der Waals surface area contributed by atoms with E-state index in [4.69, 9.17) is 9.47 Å². The average Bonchev–Trinajstić information content (AvgIpc) is 3.13. The van der Waals surface area contributed by atoms with Crippen molar-refractivity contribution in [2.24, 2.45) is 0 Å². The van der Waals surface area contributed by atoms with Gasteiger partial charge in [0.25, 0.3) is 5.91 Å². The van der Waals surface area contributed by atoms with Gasteiger partial charge in [-0.3, -0.25) is 9.59 Å². The molecule has 4 rings (SSSR count). The molecule has 6 nitrogen and oxygen atoms in total. The quantitative estimate of drug-likeness (QED) is 0.834. The van der Waals surface area contributed by atoms with Gasteiger partial charge in [-0.05, 0) is 69.6 Å². The Morgan fingerprint density at radius 2 is 1.81 bits per heavy atom. The average molecular weight is 372 g/mol. The fourth-order valence-corrected chi connectivity index (χ4v) is 4.06. The lowest BCUT2D eigenvalue weighted by Crippen LogP contribution is -2.46. The highest BCUT2D eigenvalue weighted by Crippen LogP contribution is 2.33. The smallest absolute Gasteiger partial charge is 0.254 e. The monoisotopic (exact) mass is 372 g/mol. The van der Waals surface area contributed by atoms with E-state index >= 15 is 0 Å². The summed E-state index contributed by atoms with van der Waals surface area (Å²) in [6.07, 6.45) is 8.43. The normalized spacial score (nSPS) is 22.7. The molecule has 2 amide bonds. The number of nitrogens with one attached hydrogen (secondary N) is 1. The molecule has 0 bridgehead atoms. The molecule has 3 aliphatic rings. The minimum Gasteiger partial charge on any atom is -0.493 e. The molecule has 146 valence electrons. The Labute approximate surface area is 160 Å². The number of carbonyl (C=O) groups excluding carboxylic acids is 2. The Hall–Kier alpha value is -2.24. The lowest BCUT2D eigenvalue weighted by atomic mass is 10.1. The molecule has 6 heteroatoms. The number of amides is 2. The van der Waals surface area contributed by atoms with Crippen LogP contribution in [0.2, 0.25) is 0 Å². The number of hydrogen-bond donors (Lipinski definition) is 1. The number of hydrogen-bond acceptors (Lipinski definition) is 4. The third kappa shape index (κ3) is 4.04. The van der Waals surface area contributed by atoms with E-state index in [1.54, 1.807) is 24.1 Å². The molecule has 1 aromatic rings. The lowest BCUT2D eigenvalue weighted by Gasteiger charge is -2.24. The zero-order valence-electron chi connectivity index (χ0n) is 15.9. The van der Waals surface area contributed by atoms with Crippen molar-refractivity contribution < 1.29 is 19.1 Å². The number of nitrogens with zero attached hydrogens (tertiary/aromatic N) is 1. The predicted molar refractivity (Wildman–Crippen MR) is 101 cm³/mol. The summed E-state index contributed by atoms with van der Waals surface area (Å²) in [4.78, 5) is 27.2. The maximum absolute atomic E-state index is 13.0. The summed E-state index contributed by atoms with van der Waals surface area (Å²) in [5, 5.41) is 3.03. The molecule has 0 aromatic heterocycles. The summed E-state index contributed by atoms with van der Waals surface area (Å²) in [6.45, 7) is 0.615. The molecular weight excluding hydrogens is 344 g/mol. The summed E-state index contributed by atoms with van der Waals surface area (Å²) in [6, 6.07) is 5.28. The van der Waals surface area contributed by atoms with Gasteiger partial charge in [-0.25, -0.2) is 0 Å². The first-order chi connectivity index (χ1) is 13.2. The van der Waals surface area contributed by atoms with Crippen molar-refractivity contribution in [2.45, 2.75) is 69.6 Å². The van der Waals surface area contributed by atoms with Crippen LogP contribution in [-0.2, 0) is 4.79 Å². The largest absolute Gasteiger partial charge is 0.493 e. The molecule has 1 unspecified atom stereocenters. The van der Waals surface area contributed by atoms with Crippen LogP contribution in [0.15, 0.2) is 18.2 Å². The molecule has 1 aromatic carbocycles. The number of ether oxygens (including phenoxy) is 2. The highest BCUT2D eigenvalue weighted by molar-refractivity contribution is 5.98. The van der Waals surface area contributed by atoms with Gasteiger partial charge in [0.2, 0.25) is 5.91 Å². The molecule has 1 N–H and O–H groups in total. The van der Waals surface area contributed by atoms with Crippen LogP contribution >= 0.6 is 0 Å². The van der Waals surface area contributed by atoms with Gasteiger partial charge in [-0.1, -0.05) is 0 Å². The van der Waals surface area contributed by atoms with Crippen molar-refractivity contribution in [1.82, 2.24) is 10.2 Å². The number of methoxy groups -OCH3 is 1. The second kappa shape index (κ2) is 7.79. The topological polar surface area (TPSA) is 67.9 Å². The van der Waals surface area contributed by atoms with Gasteiger partial charge >= 0.3 is 0 Å². The van der Waals surface area contributed by atoms with E-state index in [-0.39, 0.29) is 24.0 Å². The van der Waals surface area contributed by atoms with Crippen LogP contribution in [0.1, 0.15) is 61.7 Å². The summed E-state index contributed by atoms with van der Waals surface area (Å²) in [5.41, 5.74) is 0.539. The molecule has 3 fully saturated rings. The van der Waals surface area contributed by atoms with Crippen LogP contribution in [-0.4, -0.2) is 48.6 Å². The van der Waals surface area contributed by atoms with E-state index < -0.39 is 0 Å². The molecule has 1 atom stereocenters. The SMILES string of the molecule is COc1cc(C(=O)N2CCCC2C(=O)NC2CC2)ccc1OC1CCCC1. The van der Waals surface area contributed by atoms with Gasteiger partial charge in [-0.2, -0.15) is 0 Å². The Kier molecular flexibility index (Phi) is 5.23. The minimum absolute atomic E-state index is 0.0171. The maximum atomic E-state index is 13.0. The van der Waals surface area contributed by atoms with E-state index in [9.17, 15) is 9.59 Å². The van der Waals surface area contributed by atoms with Gasteiger partial charge in [0.05, 0.1) is 13.2 Å². The van der Waals surface area contributed by atoms with Gasteiger partial charge in [0, 0.05) is 18.2 Å². The van der Waals surface area contributed by atoms with Crippen molar-refractivity contribution >= 4 is 11.8 Å². The van der Waals surface area contributed by atoms with Gasteiger partial charge in [0.1, 0.15) is 6.04 Å². The molecule has 2 saturated carbocycles. The van der Waals surface area contributed by atoms with Gasteiger partial charge in [-0.15, -0.1) is 0 Å². The second-order valence-corrected chi connectivity index (χ2v) is 7.83. The van der Waals surface area contributed by atoms with Gasteiger partial charge < -0.3 is 19.7 Å². The number of rotatable bonds is 6. The summed E-state index contributed by atoms with van der Waals surface area (Å²) < 4.78 is 11.5. The summed E-state index contributed by atoms with van der Waals surface area (Å²) in [7, 11) is 1.59. The Morgan fingerprint density at radius 1 is 1.04 bits per heavy atom. The standard InChI is InChI=1S/C21H28N2O4/c1-26-19-13-14(8-11-18(19)27-16-5-2-3-6-16)21(25)23-12-4-7-17(23)20(24)22-15-9-10-15/h8,11,13,15-17H,2-7,9-10,12H2,1H3,(H,22,24). The summed E-state index contributed by atoms with van der Waals surface area (Å²) >= 11 is 0. The maximum Gasteiger partial charge on any atom is 0.254 e. The van der Waals surface area contributed by atoms with Crippen LogP contribution in [0, 0.1) is 0 Å². The molecule has 0 radical (unpaired) electrons. The fourth-order valence-electron chi connectivity index (χ4n) is 4.06. The summed E-state index contributed by atoms with van der Waals surface area (Å²) in [5.74, 6) is 1.13. The Balaban J connectivity index is 1.47. The molecule has 0 spiro atoms. The first-order valence-electron chi connectivity index (χ1n) is 10.1. The van der Waals surface area contributed by atoms with Crippen LogP contribution in [0.3, 0.4) is 0 Å². The Morgan fingerprint density at radius 3 is 2.52 bits per heavy atom. The first kappa shape index (κ1) is 18.1. The van der Waals surface area contributed by atoms with Crippen molar-refractivity contribution in [3.8, 4) is 11.5 Å². The van der Waals surface area contributed by atoms with Crippen LogP contribution in [0.4, 0.5) is 0 Å². The number of likely N-dealkylation sites (tertiary alicyclic amines) is 1. The van der Waals surface area contributed by atoms with Crippen LogP contribution in [0.25, 0.3) is 0 Å². The molecule has 1 aliphatic heterocycles. The second-order valence-electron chi connectivity index (χ2n) is 7.83. The third-order valence-corrected chi connectivity index (χ3v) is 5.75. The molecule has 1 heterocycles.